The van der Waals surface area contributed by atoms with Crippen LogP contribution >= 0.6 is 23.2 Å². The molecule has 5 nitrogen and oxygen atoms in total. The molecule has 0 atom stereocenters. The van der Waals surface area contributed by atoms with Crippen molar-refractivity contribution in [3.63, 3.8) is 0 Å². The molecule has 0 unspecified atom stereocenters. The third-order valence-electron chi connectivity index (χ3n) is 3.04. The van der Waals surface area contributed by atoms with E-state index < -0.39 is 5.91 Å². The van der Waals surface area contributed by atoms with Gasteiger partial charge in [-0.15, -0.1) is 0 Å². The van der Waals surface area contributed by atoms with E-state index in [4.69, 9.17) is 23.2 Å². The number of nitrogens with zero attached hydrogens (tertiary/aromatic N) is 1. The molecule has 0 aromatic heterocycles. The van der Waals surface area contributed by atoms with Crippen molar-refractivity contribution in [2.45, 2.75) is 13.0 Å². The zero-order valence-electron chi connectivity index (χ0n) is 12.6. The van der Waals surface area contributed by atoms with E-state index in [1.165, 1.54) is 6.21 Å². The molecule has 0 aliphatic heterocycles. The summed E-state index contributed by atoms with van der Waals surface area (Å²) >= 11 is 12.0. The summed E-state index contributed by atoms with van der Waals surface area (Å²) in [6.45, 7) is 0.367. The van der Waals surface area contributed by atoms with Crippen LogP contribution in [-0.2, 0) is 16.1 Å². The van der Waals surface area contributed by atoms with Crippen molar-refractivity contribution in [3.8, 4) is 0 Å². The Bertz CT molecular complexity index is 729. The summed E-state index contributed by atoms with van der Waals surface area (Å²) in [6, 6.07) is 14.4. The molecule has 0 aliphatic rings. The van der Waals surface area contributed by atoms with Gasteiger partial charge < -0.3 is 5.32 Å². The van der Waals surface area contributed by atoms with Crippen LogP contribution in [0.2, 0.25) is 10.0 Å². The van der Waals surface area contributed by atoms with Crippen molar-refractivity contribution >= 4 is 41.2 Å². The number of hydrazone groups is 1. The number of amides is 2. The Morgan fingerprint density at radius 1 is 0.958 bits per heavy atom. The maximum Gasteiger partial charge on any atom is 0.249 e. The second-order valence-electron chi connectivity index (χ2n) is 4.87. The summed E-state index contributed by atoms with van der Waals surface area (Å²) in [5.41, 5.74) is 3.72. The van der Waals surface area contributed by atoms with Gasteiger partial charge in [0, 0.05) is 12.1 Å². The van der Waals surface area contributed by atoms with Crippen LogP contribution in [0.5, 0.6) is 0 Å². The molecule has 0 fully saturated rings. The van der Waals surface area contributed by atoms with Crippen molar-refractivity contribution in [1.82, 2.24) is 10.7 Å². The lowest BCUT2D eigenvalue weighted by molar-refractivity contribution is -0.129. The number of carbonyl (C=O) groups excluding carboxylic acids is 2. The number of nitrogens with one attached hydrogen (secondary N) is 2. The smallest absolute Gasteiger partial charge is 0.249 e. The first-order valence-electron chi connectivity index (χ1n) is 7.13. The molecule has 2 N–H and O–H groups in total. The molecule has 0 bridgehead atoms. The molecule has 24 heavy (non-hydrogen) atoms. The lowest BCUT2D eigenvalue weighted by Crippen LogP contribution is -2.29. The van der Waals surface area contributed by atoms with E-state index in [0.717, 1.165) is 5.56 Å². The van der Waals surface area contributed by atoms with Crippen molar-refractivity contribution < 1.29 is 9.59 Å². The van der Waals surface area contributed by atoms with E-state index in [2.05, 4.69) is 15.8 Å². The average molecular weight is 364 g/mol. The van der Waals surface area contributed by atoms with Crippen molar-refractivity contribution in [2.75, 3.05) is 0 Å². The summed E-state index contributed by atoms with van der Waals surface area (Å²) in [5.74, 6) is -0.915. The van der Waals surface area contributed by atoms with Gasteiger partial charge in [0.15, 0.2) is 0 Å². The number of carbonyl (C=O) groups is 2. The summed E-state index contributed by atoms with van der Waals surface area (Å²) in [4.78, 5) is 23.4. The Hall–Kier alpha value is -2.37. The summed E-state index contributed by atoms with van der Waals surface area (Å²) in [5, 5.41) is 7.26. The fourth-order valence-corrected chi connectivity index (χ4v) is 2.34. The highest BCUT2D eigenvalue weighted by molar-refractivity contribution is 6.38. The molecule has 0 aliphatic carbocycles. The zero-order valence-corrected chi connectivity index (χ0v) is 14.1. The van der Waals surface area contributed by atoms with Gasteiger partial charge in [-0.25, -0.2) is 5.43 Å². The van der Waals surface area contributed by atoms with Crippen LogP contribution in [0, 0.1) is 0 Å². The van der Waals surface area contributed by atoms with E-state index in [1.54, 1.807) is 18.2 Å². The average Bonchev–Trinajstić information content (AvgIpc) is 2.56. The van der Waals surface area contributed by atoms with Gasteiger partial charge in [0.1, 0.15) is 6.42 Å². The molecular weight excluding hydrogens is 349 g/mol. The highest BCUT2D eigenvalue weighted by atomic mass is 35.5. The van der Waals surface area contributed by atoms with Gasteiger partial charge in [0.05, 0.1) is 16.3 Å². The van der Waals surface area contributed by atoms with Crippen LogP contribution in [0.1, 0.15) is 17.5 Å². The Morgan fingerprint density at radius 3 is 2.29 bits per heavy atom. The molecule has 124 valence electrons. The van der Waals surface area contributed by atoms with E-state index in [0.29, 0.717) is 22.2 Å². The Kier molecular flexibility index (Phi) is 6.78. The maximum absolute atomic E-state index is 11.7. The third-order valence-corrected chi connectivity index (χ3v) is 3.70. The SMILES string of the molecule is O=C(CC(=O)NN=Cc1c(Cl)cccc1Cl)NCc1ccccc1. The number of rotatable bonds is 6. The van der Waals surface area contributed by atoms with Crippen molar-refractivity contribution in [1.29, 1.82) is 0 Å². The van der Waals surface area contributed by atoms with Crippen LogP contribution in [0.4, 0.5) is 0 Å². The van der Waals surface area contributed by atoms with Crippen LogP contribution < -0.4 is 10.7 Å². The summed E-state index contributed by atoms with van der Waals surface area (Å²) in [6.07, 6.45) is 1.02. The number of halogens is 2. The van der Waals surface area contributed by atoms with Gasteiger partial charge in [-0.05, 0) is 17.7 Å². The second kappa shape index (κ2) is 9.05. The number of hydrogen-bond acceptors (Lipinski definition) is 3. The minimum atomic E-state index is -0.528. The van der Waals surface area contributed by atoms with E-state index in [-0.39, 0.29) is 12.3 Å². The van der Waals surface area contributed by atoms with Crippen LogP contribution in [0.15, 0.2) is 53.6 Å². The van der Waals surface area contributed by atoms with Gasteiger partial charge in [-0.2, -0.15) is 5.10 Å². The summed E-state index contributed by atoms with van der Waals surface area (Å²) in [7, 11) is 0. The minimum Gasteiger partial charge on any atom is -0.352 e. The zero-order chi connectivity index (χ0) is 17.4. The standard InChI is InChI=1S/C17H15Cl2N3O2/c18-14-7-4-8-15(19)13(14)11-21-22-17(24)9-16(23)20-10-12-5-2-1-3-6-12/h1-8,11H,9-10H2,(H,20,23)(H,22,24). The monoisotopic (exact) mass is 363 g/mol. The van der Waals surface area contributed by atoms with E-state index in [1.807, 2.05) is 30.3 Å². The van der Waals surface area contributed by atoms with Gasteiger partial charge >= 0.3 is 0 Å². The normalized spacial score (nSPS) is 10.6. The second-order valence-corrected chi connectivity index (χ2v) is 5.68. The molecule has 0 radical (unpaired) electrons. The van der Waals surface area contributed by atoms with E-state index >= 15 is 0 Å². The largest absolute Gasteiger partial charge is 0.352 e. The maximum atomic E-state index is 11.7. The molecular formula is C17H15Cl2N3O2. The molecule has 7 heteroatoms. The first-order valence-corrected chi connectivity index (χ1v) is 7.88. The molecule has 2 aromatic carbocycles. The molecule has 0 heterocycles. The van der Waals surface area contributed by atoms with Crippen molar-refractivity contribution in [2.24, 2.45) is 5.10 Å². The highest BCUT2D eigenvalue weighted by Crippen LogP contribution is 2.21. The van der Waals surface area contributed by atoms with Crippen LogP contribution in [-0.4, -0.2) is 18.0 Å². The Labute approximate surface area is 149 Å². The van der Waals surface area contributed by atoms with E-state index in [9.17, 15) is 9.59 Å². The highest BCUT2D eigenvalue weighted by Gasteiger charge is 2.08. The lowest BCUT2D eigenvalue weighted by Gasteiger charge is -2.05. The minimum absolute atomic E-state index is 0.319. The molecule has 0 saturated carbocycles. The third kappa shape index (κ3) is 5.68. The predicted octanol–water partition coefficient (Wildman–Crippen LogP) is 3.15. The topological polar surface area (TPSA) is 70.6 Å². The molecule has 2 amide bonds. The fourth-order valence-electron chi connectivity index (χ4n) is 1.85. The first-order chi connectivity index (χ1) is 11.6. The van der Waals surface area contributed by atoms with Gasteiger partial charge in [0.2, 0.25) is 11.8 Å². The molecule has 2 aromatic rings. The Balaban J connectivity index is 1.78. The molecule has 0 saturated heterocycles. The molecule has 2 rings (SSSR count). The van der Waals surface area contributed by atoms with Crippen LogP contribution in [0.25, 0.3) is 0 Å². The molecule has 0 spiro atoms. The van der Waals surface area contributed by atoms with Gasteiger partial charge in [-0.1, -0.05) is 59.6 Å². The fraction of sp³-hybridized carbons (Fsp3) is 0.118. The summed E-state index contributed by atoms with van der Waals surface area (Å²) < 4.78 is 0. The first kappa shape index (κ1) is 18.0. The number of hydrogen-bond donors (Lipinski definition) is 2. The van der Waals surface area contributed by atoms with Gasteiger partial charge in [-0.3, -0.25) is 9.59 Å². The Morgan fingerprint density at radius 2 is 1.62 bits per heavy atom. The predicted molar refractivity (Wildman–Crippen MR) is 95.1 cm³/mol. The van der Waals surface area contributed by atoms with Crippen molar-refractivity contribution in [3.05, 3.63) is 69.7 Å². The lowest BCUT2D eigenvalue weighted by atomic mass is 10.2. The van der Waals surface area contributed by atoms with Crippen LogP contribution in [0.3, 0.4) is 0 Å². The number of benzene rings is 2. The quantitative estimate of drug-likeness (QED) is 0.470. The van der Waals surface area contributed by atoms with Gasteiger partial charge in [0.25, 0.3) is 0 Å².